The number of halogens is 4. The van der Waals surface area contributed by atoms with Crippen molar-refractivity contribution in [3.05, 3.63) is 63.9 Å². The molecule has 1 unspecified atom stereocenters. The second-order valence-corrected chi connectivity index (χ2v) is 4.81. The Kier molecular flexibility index (Phi) is 4.75. The molecule has 6 heteroatoms. The van der Waals surface area contributed by atoms with Gasteiger partial charge < -0.3 is 10.1 Å². The minimum absolute atomic E-state index is 0.0516. The van der Waals surface area contributed by atoms with Gasteiger partial charge in [0.1, 0.15) is 23.2 Å². The average Bonchev–Trinajstić information content (AvgIpc) is 2.45. The smallest absolute Gasteiger partial charge is 0.142 e. The minimum atomic E-state index is -0.845. The molecule has 1 atom stereocenters. The summed E-state index contributed by atoms with van der Waals surface area (Å²) in [6.07, 6.45) is 0. The summed E-state index contributed by atoms with van der Waals surface area (Å²) in [5.41, 5.74) is 0.155. The van der Waals surface area contributed by atoms with Gasteiger partial charge in [-0.05, 0) is 24.7 Å². The number of hydrogen-bond donors (Lipinski definition) is 1. The van der Waals surface area contributed by atoms with Crippen molar-refractivity contribution in [1.82, 2.24) is 5.32 Å². The molecular weight excluding hydrogens is 303 g/mol. The number of benzene rings is 2. The summed E-state index contributed by atoms with van der Waals surface area (Å²) < 4.78 is 46.6. The van der Waals surface area contributed by atoms with E-state index in [4.69, 9.17) is 16.3 Å². The van der Waals surface area contributed by atoms with Crippen LogP contribution >= 0.6 is 11.6 Å². The molecule has 2 nitrogen and oxygen atoms in total. The molecule has 0 aliphatic carbocycles. The van der Waals surface area contributed by atoms with Crippen LogP contribution in [0.5, 0.6) is 5.75 Å². The monoisotopic (exact) mass is 315 g/mol. The summed E-state index contributed by atoms with van der Waals surface area (Å²) in [4.78, 5) is 0. The van der Waals surface area contributed by atoms with E-state index in [0.29, 0.717) is 5.56 Å². The SMILES string of the molecule is CNC(c1ccc(Cl)c(F)c1)c1c(F)cc(OC)cc1F. The number of methoxy groups -OCH3 is 1. The number of hydrogen-bond acceptors (Lipinski definition) is 2. The van der Waals surface area contributed by atoms with Gasteiger partial charge in [-0.25, -0.2) is 13.2 Å². The molecule has 2 aromatic rings. The number of rotatable bonds is 4. The summed E-state index contributed by atoms with van der Waals surface area (Å²) in [6.45, 7) is 0. The molecule has 0 radical (unpaired) electrons. The van der Waals surface area contributed by atoms with Crippen LogP contribution in [-0.4, -0.2) is 14.2 Å². The third-order valence-corrected chi connectivity index (χ3v) is 3.45. The van der Waals surface area contributed by atoms with Crippen molar-refractivity contribution in [2.45, 2.75) is 6.04 Å². The summed E-state index contributed by atoms with van der Waals surface area (Å²) in [5.74, 6) is -2.13. The van der Waals surface area contributed by atoms with Crippen molar-refractivity contribution in [3.8, 4) is 5.75 Å². The van der Waals surface area contributed by atoms with Crippen molar-refractivity contribution in [2.75, 3.05) is 14.2 Å². The molecule has 0 heterocycles. The molecular formula is C15H13ClF3NO. The molecule has 0 aromatic heterocycles. The first kappa shape index (κ1) is 15.7. The number of nitrogens with one attached hydrogen (secondary N) is 1. The maximum atomic E-state index is 14.1. The Bertz CT molecular complexity index is 640. The third kappa shape index (κ3) is 3.14. The predicted molar refractivity (Wildman–Crippen MR) is 75.2 cm³/mol. The van der Waals surface area contributed by atoms with E-state index in [1.165, 1.54) is 26.3 Å². The molecule has 0 amide bonds. The van der Waals surface area contributed by atoms with Crippen LogP contribution in [0.3, 0.4) is 0 Å². The van der Waals surface area contributed by atoms with Gasteiger partial charge in [-0.1, -0.05) is 17.7 Å². The Balaban J connectivity index is 2.53. The molecule has 2 aromatic carbocycles. The lowest BCUT2D eigenvalue weighted by atomic mass is 9.97. The summed E-state index contributed by atoms with van der Waals surface area (Å²) >= 11 is 5.62. The van der Waals surface area contributed by atoms with E-state index in [1.54, 1.807) is 0 Å². The van der Waals surface area contributed by atoms with Crippen LogP contribution in [0.15, 0.2) is 30.3 Å². The van der Waals surface area contributed by atoms with Gasteiger partial charge in [-0.3, -0.25) is 0 Å². The van der Waals surface area contributed by atoms with E-state index in [1.807, 2.05) is 0 Å². The highest BCUT2D eigenvalue weighted by molar-refractivity contribution is 6.30. The quantitative estimate of drug-likeness (QED) is 0.918. The lowest BCUT2D eigenvalue weighted by Crippen LogP contribution is -2.20. The number of ether oxygens (including phenoxy) is 1. The molecule has 0 saturated carbocycles. The molecule has 0 saturated heterocycles. The van der Waals surface area contributed by atoms with Crippen LogP contribution < -0.4 is 10.1 Å². The van der Waals surface area contributed by atoms with E-state index in [9.17, 15) is 13.2 Å². The molecule has 0 aliphatic heterocycles. The van der Waals surface area contributed by atoms with Crippen LogP contribution in [0.1, 0.15) is 17.2 Å². The zero-order valence-electron chi connectivity index (χ0n) is 11.4. The van der Waals surface area contributed by atoms with Gasteiger partial charge in [0.05, 0.1) is 18.2 Å². The van der Waals surface area contributed by atoms with Crippen molar-refractivity contribution < 1.29 is 17.9 Å². The maximum Gasteiger partial charge on any atom is 0.142 e. The van der Waals surface area contributed by atoms with Crippen molar-refractivity contribution in [3.63, 3.8) is 0 Å². The fraction of sp³-hybridized carbons (Fsp3) is 0.200. The molecule has 0 bridgehead atoms. The summed E-state index contributed by atoms with van der Waals surface area (Å²) in [5, 5.41) is 2.72. The Morgan fingerprint density at radius 2 is 1.67 bits per heavy atom. The Hall–Kier alpha value is -1.72. The van der Waals surface area contributed by atoms with Gasteiger partial charge in [-0.2, -0.15) is 0 Å². The highest BCUT2D eigenvalue weighted by Gasteiger charge is 2.22. The average molecular weight is 316 g/mol. The lowest BCUT2D eigenvalue weighted by Gasteiger charge is -2.19. The van der Waals surface area contributed by atoms with Gasteiger partial charge in [0.2, 0.25) is 0 Å². The largest absolute Gasteiger partial charge is 0.497 e. The standard InChI is InChI=1S/C15H13ClF3NO/c1-20-15(8-3-4-10(16)11(17)5-8)14-12(18)6-9(21-2)7-13(14)19/h3-7,15,20H,1-2H3. The highest BCUT2D eigenvalue weighted by atomic mass is 35.5. The molecule has 0 spiro atoms. The van der Waals surface area contributed by atoms with Crippen molar-refractivity contribution in [2.24, 2.45) is 0 Å². The Morgan fingerprint density at radius 1 is 1.05 bits per heavy atom. The summed E-state index contributed by atoms with van der Waals surface area (Å²) in [7, 11) is 2.85. The first-order chi connectivity index (χ1) is 9.97. The minimum Gasteiger partial charge on any atom is -0.497 e. The zero-order chi connectivity index (χ0) is 15.6. The Labute approximate surface area is 125 Å². The van der Waals surface area contributed by atoms with Gasteiger partial charge in [0, 0.05) is 17.7 Å². The second-order valence-electron chi connectivity index (χ2n) is 4.40. The topological polar surface area (TPSA) is 21.3 Å². The maximum absolute atomic E-state index is 14.1. The molecule has 2 rings (SSSR count). The second kappa shape index (κ2) is 6.37. The van der Waals surface area contributed by atoms with Crippen LogP contribution in [0, 0.1) is 17.5 Å². The summed E-state index contributed by atoms with van der Waals surface area (Å²) in [6, 6.07) is 5.31. The Morgan fingerprint density at radius 3 is 2.14 bits per heavy atom. The zero-order valence-corrected chi connectivity index (χ0v) is 12.1. The van der Waals surface area contributed by atoms with Gasteiger partial charge in [-0.15, -0.1) is 0 Å². The highest BCUT2D eigenvalue weighted by Crippen LogP contribution is 2.31. The van der Waals surface area contributed by atoms with Crippen molar-refractivity contribution >= 4 is 11.6 Å². The molecule has 112 valence electrons. The van der Waals surface area contributed by atoms with Gasteiger partial charge >= 0.3 is 0 Å². The van der Waals surface area contributed by atoms with E-state index in [0.717, 1.165) is 18.2 Å². The molecule has 1 N–H and O–H groups in total. The van der Waals surface area contributed by atoms with Gasteiger partial charge in [0.25, 0.3) is 0 Å². The van der Waals surface area contributed by atoms with Crippen LogP contribution in [0.2, 0.25) is 5.02 Å². The van der Waals surface area contributed by atoms with Gasteiger partial charge in [0.15, 0.2) is 0 Å². The fourth-order valence-corrected chi connectivity index (χ4v) is 2.24. The van der Waals surface area contributed by atoms with Crippen molar-refractivity contribution in [1.29, 1.82) is 0 Å². The molecule has 0 aliphatic rings. The van der Waals surface area contributed by atoms with E-state index < -0.39 is 23.5 Å². The lowest BCUT2D eigenvalue weighted by molar-refractivity contribution is 0.403. The fourth-order valence-electron chi connectivity index (χ4n) is 2.12. The first-order valence-electron chi connectivity index (χ1n) is 6.13. The van der Waals surface area contributed by atoms with E-state index in [-0.39, 0.29) is 16.3 Å². The van der Waals surface area contributed by atoms with Crippen LogP contribution in [0.25, 0.3) is 0 Å². The van der Waals surface area contributed by atoms with E-state index >= 15 is 0 Å². The predicted octanol–water partition coefficient (Wildman–Crippen LogP) is 4.07. The third-order valence-electron chi connectivity index (χ3n) is 3.14. The van der Waals surface area contributed by atoms with E-state index in [2.05, 4.69) is 5.32 Å². The molecule has 0 fully saturated rings. The normalized spacial score (nSPS) is 12.3. The van der Waals surface area contributed by atoms with Crippen LogP contribution in [0.4, 0.5) is 13.2 Å². The molecule has 21 heavy (non-hydrogen) atoms. The van der Waals surface area contributed by atoms with Crippen LogP contribution in [-0.2, 0) is 0 Å². The first-order valence-corrected chi connectivity index (χ1v) is 6.51.